The van der Waals surface area contributed by atoms with Crippen LogP contribution in [0.15, 0.2) is 46.9 Å². The highest BCUT2D eigenvalue weighted by atomic mass is 79.9. The maximum absolute atomic E-state index is 11.1. The maximum atomic E-state index is 11.1. The van der Waals surface area contributed by atoms with Gasteiger partial charge in [0.1, 0.15) is 0 Å². The quantitative estimate of drug-likeness (QED) is 0.731. The highest BCUT2D eigenvalue weighted by molar-refractivity contribution is 9.10. The number of hydrogen-bond acceptors (Lipinski definition) is 3. The first kappa shape index (κ1) is 13.3. The molecule has 0 fully saturated rings. The SMILES string of the molecule is CC(=O)Nc1nc2c(-c3ccc(Br)cc3)cccc2s1. The Morgan fingerprint density at radius 1 is 1.20 bits per heavy atom. The molecule has 0 atom stereocenters. The van der Waals surface area contributed by atoms with Gasteiger partial charge in [0.2, 0.25) is 5.91 Å². The highest BCUT2D eigenvalue weighted by Crippen LogP contribution is 2.34. The zero-order chi connectivity index (χ0) is 14.1. The monoisotopic (exact) mass is 346 g/mol. The first-order valence-electron chi connectivity index (χ1n) is 6.06. The number of rotatable bonds is 2. The van der Waals surface area contributed by atoms with Gasteiger partial charge in [0.25, 0.3) is 0 Å². The van der Waals surface area contributed by atoms with E-state index in [4.69, 9.17) is 0 Å². The van der Waals surface area contributed by atoms with E-state index in [2.05, 4.69) is 38.4 Å². The second-order valence-corrected chi connectivity index (χ2v) is 6.31. The van der Waals surface area contributed by atoms with Gasteiger partial charge in [-0.2, -0.15) is 0 Å². The molecule has 1 amide bonds. The number of benzene rings is 2. The molecule has 0 unspecified atom stereocenters. The Labute approximate surface area is 128 Å². The molecule has 0 saturated carbocycles. The van der Waals surface area contributed by atoms with Crippen molar-refractivity contribution in [2.45, 2.75) is 6.92 Å². The van der Waals surface area contributed by atoms with Gasteiger partial charge < -0.3 is 5.32 Å². The molecule has 0 aliphatic carbocycles. The number of para-hydroxylation sites is 1. The molecule has 20 heavy (non-hydrogen) atoms. The van der Waals surface area contributed by atoms with Crippen LogP contribution in [0.4, 0.5) is 5.13 Å². The van der Waals surface area contributed by atoms with Crippen LogP contribution in [0, 0.1) is 0 Å². The van der Waals surface area contributed by atoms with E-state index in [1.54, 1.807) is 0 Å². The molecule has 3 nitrogen and oxygen atoms in total. The Morgan fingerprint density at radius 3 is 2.65 bits per heavy atom. The molecule has 1 aromatic heterocycles. The first-order chi connectivity index (χ1) is 9.63. The third-order valence-electron chi connectivity index (χ3n) is 2.86. The van der Waals surface area contributed by atoms with Gasteiger partial charge in [0.05, 0.1) is 10.2 Å². The minimum Gasteiger partial charge on any atom is -0.302 e. The summed E-state index contributed by atoms with van der Waals surface area (Å²) in [5.41, 5.74) is 3.10. The molecule has 0 bridgehead atoms. The molecule has 1 heterocycles. The van der Waals surface area contributed by atoms with Crippen LogP contribution in [0.5, 0.6) is 0 Å². The summed E-state index contributed by atoms with van der Waals surface area (Å²) in [5.74, 6) is -0.103. The molecule has 0 spiro atoms. The summed E-state index contributed by atoms with van der Waals surface area (Å²) >= 11 is 4.92. The molecule has 5 heteroatoms. The molecule has 0 aliphatic rings. The number of carbonyl (C=O) groups excluding carboxylic acids is 1. The van der Waals surface area contributed by atoms with Crippen molar-refractivity contribution in [3.63, 3.8) is 0 Å². The normalized spacial score (nSPS) is 10.7. The number of thiazole rings is 1. The summed E-state index contributed by atoms with van der Waals surface area (Å²) in [4.78, 5) is 15.7. The minimum absolute atomic E-state index is 0.103. The third kappa shape index (κ3) is 2.59. The van der Waals surface area contributed by atoms with E-state index in [0.717, 1.165) is 25.8 Å². The number of aromatic nitrogens is 1. The summed E-state index contributed by atoms with van der Waals surface area (Å²) in [6.07, 6.45) is 0. The van der Waals surface area contributed by atoms with Gasteiger partial charge >= 0.3 is 0 Å². The lowest BCUT2D eigenvalue weighted by Crippen LogP contribution is -2.04. The van der Waals surface area contributed by atoms with Crippen molar-refractivity contribution >= 4 is 48.5 Å². The highest BCUT2D eigenvalue weighted by Gasteiger charge is 2.10. The standard InChI is InChI=1S/C15H11BrN2OS/c1-9(19)17-15-18-14-12(3-2-4-13(14)20-15)10-5-7-11(16)8-6-10/h2-8H,1H3,(H,17,18,19). The van der Waals surface area contributed by atoms with Crippen LogP contribution < -0.4 is 5.32 Å². The fourth-order valence-corrected chi connectivity index (χ4v) is 3.22. The summed E-state index contributed by atoms with van der Waals surface area (Å²) in [6, 6.07) is 14.2. The maximum Gasteiger partial charge on any atom is 0.223 e. The van der Waals surface area contributed by atoms with Gasteiger partial charge in [0.15, 0.2) is 5.13 Å². The average Bonchev–Trinajstić information content (AvgIpc) is 2.80. The molecule has 2 aromatic carbocycles. The first-order valence-corrected chi connectivity index (χ1v) is 7.67. The largest absolute Gasteiger partial charge is 0.302 e. The number of halogens is 1. The van der Waals surface area contributed by atoms with E-state index >= 15 is 0 Å². The molecular weight excluding hydrogens is 336 g/mol. The van der Waals surface area contributed by atoms with Crippen molar-refractivity contribution in [1.29, 1.82) is 0 Å². The second-order valence-electron chi connectivity index (χ2n) is 4.36. The van der Waals surface area contributed by atoms with Crippen LogP contribution in [0.25, 0.3) is 21.3 Å². The summed E-state index contributed by atoms with van der Waals surface area (Å²) in [5, 5.41) is 3.38. The summed E-state index contributed by atoms with van der Waals surface area (Å²) < 4.78 is 2.11. The Hall–Kier alpha value is -1.72. The number of anilines is 1. The van der Waals surface area contributed by atoms with E-state index in [1.165, 1.54) is 18.3 Å². The molecule has 100 valence electrons. The molecule has 1 N–H and O–H groups in total. The van der Waals surface area contributed by atoms with Gasteiger partial charge in [-0.15, -0.1) is 0 Å². The van der Waals surface area contributed by atoms with Crippen molar-refractivity contribution in [2.24, 2.45) is 0 Å². The smallest absolute Gasteiger partial charge is 0.223 e. The van der Waals surface area contributed by atoms with Gasteiger partial charge in [-0.3, -0.25) is 4.79 Å². The molecule has 0 radical (unpaired) electrons. The minimum atomic E-state index is -0.103. The fraction of sp³-hybridized carbons (Fsp3) is 0.0667. The van der Waals surface area contributed by atoms with Crippen LogP contribution >= 0.6 is 27.3 Å². The van der Waals surface area contributed by atoms with E-state index in [9.17, 15) is 4.79 Å². The zero-order valence-corrected chi connectivity index (χ0v) is 13.1. The van der Waals surface area contributed by atoms with E-state index in [1.807, 2.05) is 30.3 Å². The lowest BCUT2D eigenvalue weighted by atomic mass is 10.1. The van der Waals surface area contributed by atoms with Crippen LogP contribution in [0.1, 0.15) is 6.92 Å². The van der Waals surface area contributed by atoms with Crippen LogP contribution in [0.3, 0.4) is 0 Å². The van der Waals surface area contributed by atoms with Gasteiger partial charge in [-0.25, -0.2) is 4.98 Å². The number of carbonyl (C=O) groups is 1. The number of nitrogens with one attached hydrogen (secondary N) is 1. The fourth-order valence-electron chi connectivity index (χ4n) is 2.01. The predicted octanol–water partition coefficient (Wildman–Crippen LogP) is 4.68. The number of amides is 1. The Balaban J connectivity index is 2.13. The second kappa shape index (κ2) is 5.34. The predicted molar refractivity (Wildman–Crippen MR) is 87.1 cm³/mol. The molecule has 3 aromatic rings. The summed E-state index contributed by atoms with van der Waals surface area (Å²) in [7, 11) is 0. The molecule has 3 rings (SSSR count). The zero-order valence-electron chi connectivity index (χ0n) is 10.7. The molecule has 0 saturated heterocycles. The lowest BCUT2D eigenvalue weighted by Gasteiger charge is -2.02. The van der Waals surface area contributed by atoms with Crippen molar-refractivity contribution < 1.29 is 4.79 Å². The summed E-state index contributed by atoms with van der Waals surface area (Å²) in [6.45, 7) is 1.49. The molecule has 0 aliphatic heterocycles. The molecular formula is C15H11BrN2OS. The number of nitrogens with zero attached hydrogens (tertiary/aromatic N) is 1. The van der Waals surface area contributed by atoms with Gasteiger partial charge in [-0.05, 0) is 23.8 Å². The van der Waals surface area contributed by atoms with Crippen molar-refractivity contribution in [1.82, 2.24) is 4.98 Å². The topological polar surface area (TPSA) is 42.0 Å². The van der Waals surface area contributed by atoms with Gasteiger partial charge in [0, 0.05) is 17.0 Å². The van der Waals surface area contributed by atoms with E-state index in [-0.39, 0.29) is 5.91 Å². The van der Waals surface area contributed by atoms with E-state index in [0.29, 0.717) is 5.13 Å². The number of fused-ring (bicyclic) bond motifs is 1. The third-order valence-corrected chi connectivity index (χ3v) is 4.32. The Bertz CT molecular complexity index is 780. The van der Waals surface area contributed by atoms with Crippen molar-refractivity contribution in [2.75, 3.05) is 5.32 Å². The lowest BCUT2D eigenvalue weighted by molar-refractivity contribution is -0.114. The van der Waals surface area contributed by atoms with E-state index < -0.39 is 0 Å². The Morgan fingerprint density at radius 2 is 1.95 bits per heavy atom. The number of hydrogen-bond donors (Lipinski definition) is 1. The van der Waals surface area contributed by atoms with Crippen molar-refractivity contribution in [3.8, 4) is 11.1 Å². The van der Waals surface area contributed by atoms with Crippen molar-refractivity contribution in [3.05, 3.63) is 46.9 Å². The Kier molecular flexibility index (Phi) is 3.54. The van der Waals surface area contributed by atoms with Crippen LogP contribution in [0.2, 0.25) is 0 Å². The van der Waals surface area contributed by atoms with Gasteiger partial charge in [-0.1, -0.05) is 51.5 Å². The van der Waals surface area contributed by atoms with Crippen LogP contribution in [-0.4, -0.2) is 10.9 Å². The average molecular weight is 347 g/mol. The van der Waals surface area contributed by atoms with Crippen LogP contribution in [-0.2, 0) is 4.79 Å².